The van der Waals surface area contributed by atoms with Crippen molar-refractivity contribution in [2.45, 2.75) is 20.3 Å². The lowest BCUT2D eigenvalue weighted by molar-refractivity contribution is -0.135. The standard InChI is InChI=1S/C22H25N3O4/c1-14-5-6-18(15(2)12-14)23-20(26)16-13-17(16)21(27)24-7-9-25(10-8-24)22(28)19-4-3-11-29-19/h3-6,11-12,16-17H,7-10,13H2,1-2H3,(H,23,26). The van der Waals surface area contributed by atoms with E-state index in [4.69, 9.17) is 4.42 Å². The number of nitrogens with zero attached hydrogens (tertiary/aromatic N) is 2. The van der Waals surface area contributed by atoms with Crippen molar-refractivity contribution >= 4 is 23.4 Å². The molecule has 4 rings (SSSR count). The lowest BCUT2D eigenvalue weighted by atomic mass is 10.1. The first kappa shape index (κ1) is 19.2. The molecular formula is C22H25N3O4. The number of rotatable bonds is 4. The maximum Gasteiger partial charge on any atom is 0.289 e. The molecule has 0 spiro atoms. The molecule has 1 aromatic heterocycles. The molecule has 7 nitrogen and oxygen atoms in total. The van der Waals surface area contributed by atoms with Gasteiger partial charge in [0.25, 0.3) is 5.91 Å². The summed E-state index contributed by atoms with van der Waals surface area (Å²) in [4.78, 5) is 41.1. The Bertz CT molecular complexity index is 930. The molecule has 29 heavy (non-hydrogen) atoms. The number of aryl methyl sites for hydroxylation is 2. The molecular weight excluding hydrogens is 370 g/mol. The van der Waals surface area contributed by atoms with Crippen LogP contribution < -0.4 is 5.32 Å². The number of hydrogen-bond donors (Lipinski definition) is 1. The van der Waals surface area contributed by atoms with Crippen molar-refractivity contribution in [3.8, 4) is 0 Å². The van der Waals surface area contributed by atoms with Gasteiger partial charge in [0.15, 0.2) is 5.76 Å². The highest BCUT2D eigenvalue weighted by atomic mass is 16.3. The topological polar surface area (TPSA) is 82.9 Å². The predicted molar refractivity (Wildman–Crippen MR) is 107 cm³/mol. The second-order valence-corrected chi connectivity index (χ2v) is 7.85. The zero-order valence-electron chi connectivity index (χ0n) is 16.7. The van der Waals surface area contributed by atoms with Crippen LogP contribution in [0.4, 0.5) is 5.69 Å². The van der Waals surface area contributed by atoms with Crippen LogP contribution in [0.25, 0.3) is 0 Å². The molecule has 0 bridgehead atoms. The minimum Gasteiger partial charge on any atom is -0.459 e. The van der Waals surface area contributed by atoms with Crippen molar-refractivity contribution in [2.24, 2.45) is 11.8 Å². The number of benzene rings is 1. The molecule has 0 radical (unpaired) electrons. The largest absolute Gasteiger partial charge is 0.459 e. The summed E-state index contributed by atoms with van der Waals surface area (Å²) >= 11 is 0. The fourth-order valence-corrected chi connectivity index (χ4v) is 3.86. The Kier molecular flexibility index (Phi) is 5.13. The molecule has 1 aromatic carbocycles. The van der Waals surface area contributed by atoms with Gasteiger partial charge < -0.3 is 19.5 Å². The molecule has 7 heteroatoms. The maximum absolute atomic E-state index is 12.8. The molecule has 152 valence electrons. The van der Waals surface area contributed by atoms with Crippen LogP contribution in [0.1, 0.15) is 28.1 Å². The minimum atomic E-state index is -0.272. The summed E-state index contributed by atoms with van der Waals surface area (Å²) in [6.45, 7) is 5.87. The number of piperazine rings is 1. The number of nitrogens with one attached hydrogen (secondary N) is 1. The lowest BCUT2D eigenvalue weighted by Gasteiger charge is -2.34. The smallest absolute Gasteiger partial charge is 0.289 e. The van der Waals surface area contributed by atoms with Gasteiger partial charge in [-0.25, -0.2) is 0 Å². The Morgan fingerprint density at radius 1 is 1.00 bits per heavy atom. The van der Waals surface area contributed by atoms with Gasteiger partial charge in [-0.05, 0) is 44.0 Å². The van der Waals surface area contributed by atoms with E-state index in [-0.39, 0.29) is 29.6 Å². The van der Waals surface area contributed by atoms with Crippen molar-refractivity contribution in [1.82, 2.24) is 9.80 Å². The van der Waals surface area contributed by atoms with E-state index in [1.165, 1.54) is 6.26 Å². The number of anilines is 1. The summed E-state index contributed by atoms with van der Waals surface area (Å²) < 4.78 is 5.16. The SMILES string of the molecule is Cc1ccc(NC(=O)C2CC2C(=O)N2CCN(C(=O)c3ccco3)CC2)c(C)c1. The van der Waals surface area contributed by atoms with Crippen molar-refractivity contribution in [3.05, 3.63) is 53.5 Å². The number of furan rings is 1. The first-order valence-corrected chi connectivity index (χ1v) is 9.93. The van der Waals surface area contributed by atoms with E-state index in [0.29, 0.717) is 38.4 Å². The molecule has 1 saturated heterocycles. The summed E-state index contributed by atoms with van der Waals surface area (Å²) in [7, 11) is 0. The molecule has 2 heterocycles. The molecule has 1 saturated carbocycles. The van der Waals surface area contributed by atoms with E-state index >= 15 is 0 Å². The molecule has 1 N–H and O–H groups in total. The highest BCUT2D eigenvalue weighted by Crippen LogP contribution is 2.41. The van der Waals surface area contributed by atoms with Gasteiger partial charge in [-0.2, -0.15) is 0 Å². The van der Waals surface area contributed by atoms with Crippen LogP contribution in [0.15, 0.2) is 41.0 Å². The second-order valence-electron chi connectivity index (χ2n) is 7.85. The van der Waals surface area contributed by atoms with Crippen LogP contribution in [0.3, 0.4) is 0 Å². The number of amides is 3. The minimum absolute atomic E-state index is 0.0101. The molecule has 3 amide bonds. The van der Waals surface area contributed by atoms with Crippen molar-refractivity contribution < 1.29 is 18.8 Å². The van der Waals surface area contributed by atoms with Crippen molar-refractivity contribution in [1.29, 1.82) is 0 Å². The Hall–Kier alpha value is -3.09. The van der Waals surface area contributed by atoms with Gasteiger partial charge in [0.1, 0.15) is 0 Å². The van der Waals surface area contributed by atoms with Gasteiger partial charge in [0.05, 0.1) is 18.1 Å². The van der Waals surface area contributed by atoms with Gasteiger partial charge in [0, 0.05) is 31.9 Å². The van der Waals surface area contributed by atoms with E-state index < -0.39 is 0 Å². The fraction of sp³-hybridized carbons (Fsp3) is 0.409. The molecule has 2 atom stereocenters. The quantitative estimate of drug-likeness (QED) is 0.862. The highest BCUT2D eigenvalue weighted by Gasteiger charge is 2.49. The third kappa shape index (κ3) is 4.04. The molecule has 2 aliphatic rings. The van der Waals surface area contributed by atoms with Gasteiger partial charge in [-0.3, -0.25) is 14.4 Å². The molecule has 2 fully saturated rings. The van der Waals surface area contributed by atoms with E-state index in [0.717, 1.165) is 16.8 Å². The number of carbonyl (C=O) groups excluding carboxylic acids is 3. The third-order valence-electron chi connectivity index (χ3n) is 5.69. The second kappa shape index (κ2) is 7.73. The summed E-state index contributed by atoms with van der Waals surface area (Å²) in [5, 5.41) is 2.95. The summed E-state index contributed by atoms with van der Waals surface area (Å²) in [6.07, 6.45) is 2.06. The number of carbonyl (C=O) groups is 3. The van der Waals surface area contributed by atoms with Crippen LogP contribution in [0.5, 0.6) is 0 Å². The molecule has 1 aliphatic carbocycles. The fourth-order valence-electron chi connectivity index (χ4n) is 3.86. The van der Waals surface area contributed by atoms with Crippen LogP contribution in [0, 0.1) is 25.7 Å². The third-order valence-corrected chi connectivity index (χ3v) is 5.69. The summed E-state index contributed by atoms with van der Waals surface area (Å²) in [6, 6.07) is 9.21. The molecule has 2 unspecified atom stereocenters. The maximum atomic E-state index is 12.8. The van der Waals surface area contributed by atoms with Gasteiger partial charge in [0.2, 0.25) is 11.8 Å². The average Bonchev–Trinajstić information content (AvgIpc) is 3.34. The lowest BCUT2D eigenvalue weighted by Crippen LogP contribution is -2.51. The van der Waals surface area contributed by atoms with E-state index in [2.05, 4.69) is 5.32 Å². The Morgan fingerprint density at radius 2 is 1.72 bits per heavy atom. The van der Waals surface area contributed by atoms with Gasteiger partial charge in [-0.15, -0.1) is 0 Å². The number of hydrogen-bond acceptors (Lipinski definition) is 4. The average molecular weight is 395 g/mol. The van der Waals surface area contributed by atoms with Gasteiger partial charge >= 0.3 is 0 Å². The van der Waals surface area contributed by atoms with Crippen LogP contribution in [-0.2, 0) is 9.59 Å². The zero-order valence-corrected chi connectivity index (χ0v) is 16.7. The predicted octanol–water partition coefficient (Wildman–Crippen LogP) is 2.46. The Labute approximate surface area is 169 Å². The normalized spacial score (nSPS) is 21.0. The van der Waals surface area contributed by atoms with Crippen LogP contribution in [-0.4, -0.2) is 53.7 Å². The summed E-state index contributed by atoms with van der Waals surface area (Å²) in [5.74, 6) is -0.453. The Balaban J connectivity index is 1.28. The highest BCUT2D eigenvalue weighted by molar-refractivity contribution is 6.00. The van der Waals surface area contributed by atoms with E-state index in [1.54, 1.807) is 21.9 Å². The summed E-state index contributed by atoms with van der Waals surface area (Å²) in [5.41, 5.74) is 2.95. The molecule has 2 aromatic rings. The first-order chi connectivity index (χ1) is 13.9. The van der Waals surface area contributed by atoms with Crippen LogP contribution in [0.2, 0.25) is 0 Å². The Morgan fingerprint density at radius 3 is 2.38 bits per heavy atom. The first-order valence-electron chi connectivity index (χ1n) is 9.93. The van der Waals surface area contributed by atoms with Gasteiger partial charge in [-0.1, -0.05) is 17.7 Å². The van der Waals surface area contributed by atoms with E-state index in [1.807, 2.05) is 32.0 Å². The van der Waals surface area contributed by atoms with E-state index in [9.17, 15) is 14.4 Å². The monoisotopic (exact) mass is 395 g/mol. The van der Waals surface area contributed by atoms with Crippen molar-refractivity contribution in [2.75, 3.05) is 31.5 Å². The zero-order chi connectivity index (χ0) is 20.5. The van der Waals surface area contributed by atoms with Crippen molar-refractivity contribution in [3.63, 3.8) is 0 Å². The van der Waals surface area contributed by atoms with Crippen LogP contribution >= 0.6 is 0 Å². The molecule has 1 aliphatic heterocycles.